The Bertz CT molecular complexity index is 705. The van der Waals surface area contributed by atoms with Gasteiger partial charge in [-0.05, 0) is 26.0 Å². The van der Waals surface area contributed by atoms with Crippen molar-refractivity contribution >= 4 is 5.91 Å². The molecule has 1 aromatic carbocycles. The van der Waals surface area contributed by atoms with E-state index < -0.39 is 6.10 Å². The third-order valence-electron chi connectivity index (χ3n) is 4.13. The van der Waals surface area contributed by atoms with Gasteiger partial charge in [-0.15, -0.1) is 10.2 Å². The van der Waals surface area contributed by atoms with Gasteiger partial charge in [0.25, 0.3) is 5.91 Å². The molecule has 1 unspecified atom stereocenters. The summed E-state index contributed by atoms with van der Waals surface area (Å²) in [5.74, 6) is 0.882. The number of aromatic nitrogens is 2. The van der Waals surface area contributed by atoms with E-state index in [-0.39, 0.29) is 5.91 Å². The van der Waals surface area contributed by atoms with Crippen molar-refractivity contribution < 1.29 is 14.3 Å². The average molecular weight is 330 g/mol. The second-order valence-corrected chi connectivity index (χ2v) is 6.15. The minimum absolute atomic E-state index is 0.214. The first-order valence-corrected chi connectivity index (χ1v) is 8.11. The maximum atomic E-state index is 11.8. The van der Waals surface area contributed by atoms with Crippen LogP contribution in [0.5, 0.6) is 0 Å². The van der Waals surface area contributed by atoms with E-state index in [0.717, 1.165) is 24.2 Å². The summed E-state index contributed by atoms with van der Waals surface area (Å²) in [5.41, 5.74) is 2.06. The van der Waals surface area contributed by atoms with Crippen LogP contribution in [0, 0.1) is 6.92 Å². The number of aliphatic hydroxyl groups excluding tert-OH is 1. The molecular formula is C17H22N4O3. The Hall–Kier alpha value is -2.25. The third-order valence-corrected chi connectivity index (χ3v) is 4.13. The van der Waals surface area contributed by atoms with Gasteiger partial charge < -0.3 is 14.4 Å². The van der Waals surface area contributed by atoms with E-state index in [1.165, 1.54) is 6.92 Å². The summed E-state index contributed by atoms with van der Waals surface area (Å²) >= 11 is 0. The van der Waals surface area contributed by atoms with Gasteiger partial charge in [0.05, 0.1) is 6.54 Å². The quantitative estimate of drug-likeness (QED) is 0.903. The van der Waals surface area contributed by atoms with E-state index in [2.05, 4.69) is 15.1 Å². The topological polar surface area (TPSA) is 82.7 Å². The lowest BCUT2D eigenvalue weighted by Gasteiger charge is -2.34. The molecule has 128 valence electrons. The Morgan fingerprint density at radius 1 is 1.29 bits per heavy atom. The Kier molecular flexibility index (Phi) is 4.92. The second-order valence-electron chi connectivity index (χ2n) is 6.15. The highest BCUT2D eigenvalue weighted by Crippen LogP contribution is 2.19. The molecule has 7 nitrogen and oxygen atoms in total. The molecule has 0 aliphatic carbocycles. The normalized spacial score (nSPS) is 17.0. The summed E-state index contributed by atoms with van der Waals surface area (Å²) < 4.78 is 5.76. The molecule has 3 rings (SSSR count). The highest BCUT2D eigenvalue weighted by molar-refractivity contribution is 5.80. The Morgan fingerprint density at radius 3 is 2.71 bits per heavy atom. The molecule has 1 aromatic heterocycles. The van der Waals surface area contributed by atoms with Crippen molar-refractivity contribution in [2.45, 2.75) is 26.5 Å². The Balaban J connectivity index is 1.57. The van der Waals surface area contributed by atoms with Crippen LogP contribution < -0.4 is 0 Å². The van der Waals surface area contributed by atoms with E-state index in [0.29, 0.717) is 31.4 Å². The number of aliphatic hydroxyl groups is 1. The van der Waals surface area contributed by atoms with E-state index in [1.807, 2.05) is 31.2 Å². The summed E-state index contributed by atoms with van der Waals surface area (Å²) in [7, 11) is 0. The van der Waals surface area contributed by atoms with Crippen molar-refractivity contribution in [1.29, 1.82) is 0 Å². The fourth-order valence-corrected chi connectivity index (χ4v) is 2.79. The van der Waals surface area contributed by atoms with E-state index >= 15 is 0 Å². The number of nitrogens with zero attached hydrogens (tertiary/aromatic N) is 4. The Labute approximate surface area is 140 Å². The zero-order valence-corrected chi connectivity index (χ0v) is 14.0. The summed E-state index contributed by atoms with van der Waals surface area (Å²) in [5, 5.41) is 17.6. The molecule has 0 radical (unpaired) electrons. The van der Waals surface area contributed by atoms with E-state index in [1.54, 1.807) is 4.90 Å². The molecule has 1 amide bonds. The lowest BCUT2D eigenvalue weighted by Crippen LogP contribution is -2.50. The van der Waals surface area contributed by atoms with E-state index in [9.17, 15) is 9.90 Å². The Morgan fingerprint density at radius 2 is 2.04 bits per heavy atom. The van der Waals surface area contributed by atoms with Crippen LogP contribution in [0.1, 0.15) is 18.4 Å². The molecular weight excluding hydrogens is 308 g/mol. The standard InChI is InChI=1S/C17H22N4O3/c1-12-4-3-5-14(10-12)16-19-18-15(24-16)11-20-6-8-21(9-7-20)17(23)13(2)22/h3-5,10,13,22H,6-9,11H2,1-2H3. The minimum Gasteiger partial charge on any atom is -0.419 e. The highest BCUT2D eigenvalue weighted by atomic mass is 16.4. The van der Waals surface area contributed by atoms with Crippen molar-refractivity contribution in [3.05, 3.63) is 35.7 Å². The summed E-state index contributed by atoms with van der Waals surface area (Å²) in [6.45, 7) is 6.73. The molecule has 1 aliphatic rings. The van der Waals surface area contributed by atoms with Gasteiger partial charge in [-0.2, -0.15) is 0 Å². The van der Waals surface area contributed by atoms with Gasteiger partial charge in [0.2, 0.25) is 11.8 Å². The number of rotatable bonds is 4. The predicted octanol–water partition coefficient (Wildman–Crippen LogP) is 1.07. The number of aryl methyl sites for hydroxylation is 1. The molecule has 2 aromatic rings. The fraction of sp³-hybridized carbons (Fsp3) is 0.471. The summed E-state index contributed by atoms with van der Waals surface area (Å²) in [6.07, 6.45) is -0.940. The van der Waals surface area contributed by atoms with Crippen LogP contribution in [0.25, 0.3) is 11.5 Å². The monoisotopic (exact) mass is 330 g/mol. The number of benzene rings is 1. The van der Waals surface area contributed by atoms with Crippen LogP contribution in [0.3, 0.4) is 0 Å². The van der Waals surface area contributed by atoms with Crippen LogP contribution in [0.4, 0.5) is 0 Å². The highest BCUT2D eigenvalue weighted by Gasteiger charge is 2.24. The van der Waals surface area contributed by atoms with Crippen molar-refractivity contribution in [2.24, 2.45) is 0 Å². The SMILES string of the molecule is Cc1cccc(-c2nnc(CN3CCN(C(=O)C(C)O)CC3)o2)c1. The van der Waals surface area contributed by atoms with Gasteiger partial charge in [-0.3, -0.25) is 9.69 Å². The van der Waals surface area contributed by atoms with Crippen LogP contribution in [0.2, 0.25) is 0 Å². The largest absolute Gasteiger partial charge is 0.419 e. The number of hydrogen-bond acceptors (Lipinski definition) is 6. The first-order chi connectivity index (χ1) is 11.5. The number of carbonyl (C=O) groups excluding carboxylic acids is 1. The number of carbonyl (C=O) groups is 1. The number of piperazine rings is 1. The zero-order chi connectivity index (χ0) is 17.1. The van der Waals surface area contributed by atoms with E-state index in [4.69, 9.17) is 4.42 Å². The second kappa shape index (κ2) is 7.11. The minimum atomic E-state index is -0.940. The molecule has 24 heavy (non-hydrogen) atoms. The van der Waals surface area contributed by atoms with Crippen molar-refractivity contribution in [2.75, 3.05) is 26.2 Å². The zero-order valence-electron chi connectivity index (χ0n) is 14.0. The van der Waals surface area contributed by atoms with Gasteiger partial charge in [0, 0.05) is 31.7 Å². The summed E-state index contributed by atoms with van der Waals surface area (Å²) in [6, 6.07) is 7.95. The first-order valence-electron chi connectivity index (χ1n) is 8.11. The van der Waals surface area contributed by atoms with Crippen LogP contribution >= 0.6 is 0 Å². The number of hydrogen-bond donors (Lipinski definition) is 1. The maximum Gasteiger partial charge on any atom is 0.251 e. The predicted molar refractivity (Wildman–Crippen MR) is 88.0 cm³/mol. The molecule has 7 heteroatoms. The maximum absolute atomic E-state index is 11.8. The molecule has 1 N–H and O–H groups in total. The molecule has 0 spiro atoms. The third kappa shape index (κ3) is 3.80. The molecule has 2 heterocycles. The van der Waals surface area contributed by atoms with Crippen molar-refractivity contribution in [3.63, 3.8) is 0 Å². The number of amides is 1. The molecule has 1 atom stereocenters. The first kappa shape index (κ1) is 16.6. The van der Waals surface area contributed by atoms with Gasteiger partial charge in [0.1, 0.15) is 6.10 Å². The molecule has 0 saturated carbocycles. The van der Waals surface area contributed by atoms with Crippen LogP contribution in [0.15, 0.2) is 28.7 Å². The molecule has 1 fully saturated rings. The summed E-state index contributed by atoms with van der Waals surface area (Å²) in [4.78, 5) is 15.6. The smallest absolute Gasteiger partial charge is 0.251 e. The van der Waals surface area contributed by atoms with Gasteiger partial charge in [0.15, 0.2) is 0 Å². The van der Waals surface area contributed by atoms with Crippen molar-refractivity contribution in [3.8, 4) is 11.5 Å². The van der Waals surface area contributed by atoms with Crippen LogP contribution in [-0.4, -0.2) is 63.3 Å². The lowest BCUT2D eigenvalue weighted by atomic mass is 10.1. The van der Waals surface area contributed by atoms with Gasteiger partial charge in [-0.25, -0.2) is 0 Å². The molecule has 1 aliphatic heterocycles. The average Bonchev–Trinajstić information content (AvgIpc) is 3.03. The van der Waals surface area contributed by atoms with Gasteiger partial charge in [-0.1, -0.05) is 17.7 Å². The molecule has 1 saturated heterocycles. The van der Waals surface area contributed by atoms with Gasteiger partial charge >= 0.3 is 0 Å². The molecule has 0 bridgehead atoms. The fourth-order valence-electron chi connectivity index (χ4n) is 2.79. The van der Waals surface area contributed by atoms with Crippen LogP contribution in [-0.2, 0) is 11.3 Å². The lowest BCUT2D eigenvalue weighted by molar-refractivity contribution is -0.141. The van der Waals surface area contributed by atoms with Crippen molar-refractivity contribution in [1.82, 2.24) is 20.0 Å².